The van der Waals surface area contributed by atoms with E-state index >= 15 is 0 Å². The molecule has 2 rings (SSSR count). The molecular formula is C12H12N4O5. The Morgan fingerprint density at radius 1 is 1.19 bits per heavy atom. The van der Waals surface area contributed by atoms with Crippen LogP contribution in [0, 0.1) is 0 Å². The Labute approximate surface area is 118 Å². The summed E-state index contributed by atoms with van der Waals surface area (Å²) >= 11 is 0. The number of hydrogen-bond acceptors (Lipinski definition) is 5. The number of aliphatic carboxylic acids is 2. The number of nitrogens with zero attached hydrogens (tertiary/aromatic N) is 2. The number of nitrogens with one attached hydrogen (secondary N) is 2. The van der Waals surface area contributed by atoms with Gasteiger partial charge in [-0.3, -0.25) is 9.59 Å². The van der Waals surface area contributed by atoms with E-state index < -0.39 is 23.9 Å². The average Bonchev–Trinajstić information content (AvgIpc) is 2.89. The molecule has 1 atom stereocenters. The molecule has 0 aliphatic rings. The molecule has 2 aromatic rings. The summed E-state index contributed by atoms with van der Waals surface area (Å²) in [7, 11) is 0. The predicted molar refractivity (Wildman–Crippen MR) is 69.6 cm³/mol. The van der Waals surface area contributed by atoms with Gasteiger partial charge in [0.25, 0.3) is 5.91 Å². The van der Waals surface area contributed by atoms with Crippen LogP contribution in [0.5, 0.6) is 0 Å². The number of hydrogen-bond donors (Lipinski definition) is 4. The van der Waals surface area contributed by atoms with Crippen LogP contribution in [-0.2, 0) is 9.59 Å². The van der Waals surface area contributed by atoms with E-state index in [-0.39, 0.29) is 18.4 Å². The molecule has 0 aliphatic carbocycles. The average molecular weight is 292 g/mol. The summed E-state index contributed by atoms with van der Waals surface area (Å²) in [6.45, 7) is 0. The van der Waals surface area contributed by atoms with Crippen LogP contribution < -0.4 is 5.32 Å². The molecule has 1 heterocycles. The Morgan fingerprint density at radius 2 is 1.90 bits per heavy atom. The zero-order valence-corrected chi connectivity index (χ0v) is 10.7. The molecule has 110 valence electrons. The van der Waals surface area contributed by atoms with E-state index in [1.54, 1.807) is 6.07 Å². The molecule has 0 saturated carbocycles. The van der Waals surface area contributed by atoms with E-state index in [0.717, 1.165) is 0 Å². The zero-order valence-electron chi connectivity index (χ0n) is 10.7. The van der Waals surface area contributed by atoms with Crippen molar-refractivity contribution in [2.24, 2.45) is 0 Å². The number of carbonyl (C=O) groups excluding carboxylic acids is 1. The summed E-state index contributed by atoms with van der Waals surface area (Å²) in [5, 5.41) is 29.9. The van der Waals surface area contributed by atoms with Crippen LogP contribution in [0.15, 0.2) is 18.2 Å². The predicted octanol–water partition coefficient (Wildman–Crippen LogP) is 0.00570. The Hall–Kier alpha value is -2.97. The second-order valence-corrected chi connectivity index (χ2v) is 4.32. The van der Waals surface area contributed by atoms with Crippen LogP contribution in [0.4, 0.5) is 0 Å². The number of carboxylic acids is 2. The third-order valence-electron chi connectivity index (χ3n) is 2.83. The summed E-state index contributed by atoms with van der Waals surface area (Å²) in [5.74, 6) is -3.02. The molecule has 0 bridgehead atoms. The first-order valence-corrected chi connectivity index (χ1v) is 6.03. The summed E-state index contributed by atoms with van der Waals surface area (Å²) in [5.41, 5.74) is 1.27. The van der Waals surface area contributed by atoms with Crippen molar-refractivity contribution >= 4 is 28.9 Å². The molecule has 0 fully saturated rings. The lowest BCUT2D eigenvalue weighted by Gasteiger charge is -2.13. The number of carboxylic acid groups (broad SMARTS) is 2. The van der Waals surface area contributed by atoms with Gasteiger partial charge in [0.15, 0.2) is 0 Å². The van der Waals surface area contributed by atoms with Gasteiger partial charge < -0.3 is 15.5 Å². The number of benzene rings is 1. The summed E-state index contributed by atoms with van der Waals surface area (Å²) in [6.07, 6.45) is -0.540. The Balaban J connectivity index is 2.10. The fourth-order valence-electron chi connectivity index (χ4n) is 1.75. The van der Waals surface area contributed by atoms with Crippen molar-refractivity contribution < 1.29 is 24.6 Å². The lowest BCUT2D eigenvalue weighted by Crippen LogP contribution is -2.41. The highest BCUT2D eigenvalue weighted by atomic mass is 16.4. The number of aromatic nitrogens is 3. The minimum absolute atomic E-state index is 0.192. The minimum atomic E-state index is -1.29. The normalized spacial score (nSPS) is 12.0. The number of fused-ring (bicyclic) bond motifs is 1. The second kappa shape index (κ2) is 5.99. The first-order valence-electron chi connectivity index (χ1n) is 6.03. The Bertz CT molecular complexity index is 696. The van der Waals surface area contributed by atoms with E-state index in [1.165, 1.54) is 12.1 Å². The van der Waals surface area contributed by atoms with Gasteiger partial charge in [0.2, 0.25) is 0 Å². The molecule has 0 spiro atoms. The molecule has 0 saturated heterocycles. The quantitative estimate of drug-likeness (QED) is 0.586. The van der Waals surface area contributed by atoms with Crippen molar-refractivity contribution in [3.63, 3.8) is 0 Å². The van der Waals surface area contributed by atoms with Crippen molar-refractivity contribution in [1.82, 2.24) is 20.7 Å². The van der Waals surface area contributed by atoms with Gasteiger partial charge in [0.1, 0.15) is 17.1 Å². The van der Waals surface area contributed by atoms with Gasteiger partial charge in [0.05, 0.1) is 0 Å². The van der Waals surface area contributed by atoms with Crippen LogP contribution in [-0.4, -0.2) is 49.5 Å². The largest absolute Gasteiger partial charge is 0.481 e. The molecule has 0 unspecified atom stereocenters. The molecule has 9 heteroatoms. The summed E-state index contributed by atoms with van der Waals surface area (Å²) in [6, 6.07) is 3.25. The number of rotatable bonds is 6. The molecule has 21 heavy (non-hydrogen) atoms. The zero-order chi connectivity index (χ0) is 15.4. The third-order valence-corrected chi connectivity index (χ3v) is 2.83. The van der Waals surface area contributed by atoms with Crippen LogP contribution in [0.3, 0.4) is 0 Å². The van der Waals surface area contributed by atoms with Gasteiger partial charge in [-0.1, -0.05) is 0 Å². The highest BCUT2D eigenvalue weighted by Crippen LogP contribution is 2.11. The highest BCUT2D eigenvalue weighted by Gasteiger charge is 2.21. The SMILES string of the molecule is O=C(O)CC[C@H](NC(=O)c1ccc2n[nH]nc2c1)C(=O)O. The Morgan fingerprint density at radius 3 is 2.57 bits per heavy atom. The minimum Gasteiger partial charge on any atom is -0.481 e. The van der Waals surface area contributed by atoms with Crippen molar-refractivity contribution in [2.45, 2.75) is 18.9 Å². The smallest absolute Gasteiger partial charge is 0.326 e. The van der Waals surface area contributed by atoms with Crippen LogP contribution in [0.2, 0.25) is 0 Å². The van der Waals surface area contributed by atoms with Gasteiger partial charge in [-0.2, -0.15) is 15.4 Å². The first kappa shape index (κ1) is 14.4. The van der Waals surface area contributed by atoms with E-state index in [2.05, 4.69) is 20.7 Å². The van der Waals surface area contributed by atoms with Crippen molar-refractivity contribution in [2.75, 3.05) is 0 Å². The molecular weight excluding hydrogens is 280 g/mol. The fraction of sp³-hybridized carbons (Fsp3) is 0.250. The topological polar surface area (TPSA) is 145 Å². The molecule has 1 amide bonds. The third kappa shape index (κ3) is 3.53. The maximum atomic E-state index is 12.0. The maximum absolute atomic E-state index is 12.0. The van der Waals surface area contributed by atoms with Gasteiger partial charge >= 0.3 is 11.9 Å². The van der Waals surface area contributed by atoms with Crippen molar-refractivity contribution in [1.29, 1.82) is 0 Å². The van der Waals surface area contributed by atoms with Gasteiger partial charge in [-0.05, 0) is 24.6 Å². The van der Waals surface area contributed by atoms with E-state index in [0.29, 0.717) is 11.0 Å². The van der Waals surface area contributed by atoms with E-state index in [1.807, 2.05) is 0 Å². The molecule has 1 aromatic heterocycles. The van der Waals surface area contributed by atoms with Crippen LogP contribution in [0.1, 0.15) is 23.2 Å². The molecule has 0 aliphatic heterocycles. The van der Waals surface area contributed by atoms with E-state index in [4.69, 9.17) is 10.2 Å². The number of aromatic amines is 1. The second-order valence-electron chi connectivity index (χ2n) is 4.32. The number of amides is 1. The van der Waals surface area contributed by atoms with Crippen LogP contribution in [0.25, 0.3) is 11.0 Å². The summed E-state index contributed by atoms with van der Waals surface area (Å²) < 4.78 is 0. The molecule has 4 N–H and O–H groups in total. The standard InChI is InChI=1S/C12H12N4O5/c17-10(18)4-3-8(12(20)21)13-11(19)6-1-2-7-9(5-6)15-16-14-7/h1-2,5,8H,3-4H2,(H,13,19)(H,17,18)(H,20,21)(H,14,15,16)/t8-/m0/s1. The van der Waals surface area contributed by atoms with Gasteiger partial charge in [-0.25, -0.2) is 4.79 Å². The monoisotopic (exact) mass is 292 g/mol. The van der Waals surface area contributed by atoms with Gasteiger partial charge in [-0.15, -0.1) is 0 Å². The first-order chi connectivity index (χ1) is 9.97. The van der Waals surface area contributed by atoms with Crippen LogP contribution >= 0.6 is 0 Å². The van der Waals surface area contributed by atoms with Crippen molar-refractivity contribution in [3.8, 4) is 0 Å². The molecule has 0 radical (unpaired) electrons. The lowest BCUT2D eigenvalue weighted by molar-refractivity contribution is -0.140. The van der Waals surface area contributed by atoms with Crippen molar-refractivity contribution in [3.05, 3.63) is 23.8 Å². The number of H-pyrrole nitrogens is 1. The molecule has 9 nitrogen and oxygen atoms in total. The molecule has 1 aromatic carbocycles. The fourth-order valence-corrected chi connectivity index (χ4v) is 1.75. The summed E-state index contributed by atoms with van der Waals surface area (Å²) in [4.78, 5) is 33.5. The van der Waals surface area contributed by atoms with Gasteiger partial charge in [0, 0.05) is 12.0 Å². The maximum Gasteiger partial charge on any atom is 0.326 e. The highest BCUT2D eigenvalue weighted by molar-refractivity contribution is 5.99. The number of carbonyl (C=O) groups is 3. The Kier molecular flexibility index (Phi) is 4.12. The lowest BCUT2D eigenvalue weighted by atomic mass is 10.1. The van der Waals surface area contributed by atoms with E-state index in [9.17, 15) is 14.4 Å².